The summed E-state index contributed by atoms with van der Waals surface area (Å²) in [6, 6.07) is 8.33. The van der Waals surface area contributed by atoms with Crippen molar-refractivity contribution in [2.24, 2.45) is 5.73 Å². The molecule has 0 saturated carbocycles. The predicted octanol–water partition coefficient (Wildman–Crippen LogP) is 0.696. The van der Waals surface area contributed by atoms with E-state index in [0.717, 1.165) is 5.56 Å². The smallest absolute Gasteiger partial charge is 0.414 e. The molecule has 1 aromatic carbocycles. The summed E-state index contributed by atoms with van der Waals surface area (Å²) in [6.45, 7) is 0.107. The van der Waals surface area contributed by atoms with Gasteiger partial charge in [0.1, 0.15) is 6.61 Å². The molecule has 0 aromatic heterocycles. The van der Waals surface area contributed by atoms with Crippen molar-refractivity contribution in [3.63, 3.8) is 0 Å². The Hall–Kier alpha value is -1.53. The zero-order valence-electron chi connectivity index (χ0n) is 9.13. The zero-order valence-corrected chi connectivity index (χ0v) is 10.0. The maximum atomic E-state index is 11.2. The Morgan fingerprint density at radius 1 is 1.35 bits per heavy atom. The summed E-state index contributed by atoms with van der Waals surface area (Å²) in [7, 11) is 0. The second-order valence-corrected chi connectivity index (χ2v) is 3.71. The number of rotatable bonds is 4. The van der Waals surface area contributed by atoms with Crippen molar-refractivity contribution in [3.05, 3.63) is 35.9 Å². The number of alkyl carbamates (subject to hydrolysis) is 1. The average Bonchev–Trinajstić information content (AvgIpc) is 2.36. The maximum Gasteiger partial charge on any atom is 0.414 e. The van der Waals surface area contributed by atoms with Crippen LogP contribution in [0.2, 0.25) is 0 Å². The number of carbonyl (C=O) groups excluding carboxylic acids is 2. The van der Waals surface area contributed by atoms with Crippen molar-refractivity contribution >= 4 is 24.6 Å². The van der Waals surface area contributed by atoms with Crippen molar-refractivity contribution in [2.75, 3.05) is 5.75 Å². The summed E-state index contributed by atoms with van der Waals surface area (Å²) in [4.78, 5) is 22.4. The highest BCUT2D eigenvalue weighted by atomic mass is 32.1. The fourth-order valence-electron chi connectivity index (χ4n) is 1.04. The molecule has 1 rings (SSSR count). The number of hydrogen-bond donors (Lipinski definition) is 3. The van der Waals surface area contributed by atoms with E-state index in [1.807, 2.05) is 35.6 Å². The molecule has 5 nitrogen and oxygen atoms in total. The van der Waals surface area contributed by atoms with Crippen molar-refractivity contribution in [3.8, 4) is 0 Å². The monoisotopic (exact) mass is 254 g/mol. The summed E-state index contributed by atoms with van der Waals surface area (Å²) in [5, 5.41) is 2.03. The van der Waals surface area contributed by atoms with Gasteiger partial charge in [-0.1, -0.05) is 30.3 Å². The van der Waals surface area contributed by atoms with E-state index in [0.29, 0.717) is 0 Å². The number of thiol groups is 1. The molecule has 92 valence electrons. The maximum absolute atomic E-state index is 11.2. The fraction of sp³-hybridized carbons (Fsp3) is 0.273. The SMILES string of the molecule is N[C@@H](CS)C(=O)NC(=O)OCc1ccccc1. The molecule has 1 atom stereocenters. The molecule has 0 spiro atoms. The number of nitrogens with two attached hydrogens (primary N) is 1. The Labute approximate surface area is 105 Å². The topological polar surface area (TPSA) is 81.4 Å². The van der Waals surface area contributed by atoms with E-state index in [1.54, 1.807) is 0 Å². The van der Waals surface area contributed by atoms with Crippen LogP contribution in [0.1, 0.15) is 5.56 Å². The summed E-state index contributed by atoms with van der Waals surface area (Å²) < 4.78 is 4.84. The van der Waals surface area contributed by atoms with Gasteiger partial charge >= 0.3 is 6.09 Å². The quantitative estimate of drug-likeness (QED) is 0.691. The Morgan fingerprint density at radius 2 is 2.00 bits per heavy atom. The zero-order chi connectivity index (χ0) is 12.7. The van der Waals surface area contributed by atoms with Crippen LogP contribution >= 0.6 is 12.6 Å². The van der Waals surface area contributed by atoms with Gasteiger partial charge in [0, 0.05) is 5.75 Å². The minimum Gasteiger partial charge on any atom is -0.444 e. The summed E-state index contributed by atoms with van der Waals surface area (Å²) >= 11 is 3.85. The Morgan fingerprint density at radius 3 is 2.59 bits per heavy atom. The van der Waals surface area contributed by atoms with Crippen LogP contribution in [0.4, 0.5) is 4.79 Å². The highest BCUT2D eigenvalue weighted by Crippen LogP contribution is 2.00. The first-order chi connectivity index (χ1) is 8.13. The molecule has 0 fully saturated rings. The predicted molar refractivity (Wildman–Crippen MR) is 66.6 cm³/mol. The first-order valence-electron chi connectivity index (χ1n) is 5.01. The molecule has 0 aliphatic carbocycles. The molecule has 0 radical (unpaired) electrons. The van der Waals surface area contributed by atoms with Gasteiger partial charge in [0.25, 0.3) is 0 Å². The molecule has 2 amide bonds. The van der Waals surface area contributed by atoms with Crippen molar-refractivity contribution in [1.29, 1.82) is 0 Å². The number of nitrogens with one attached hydrogen (secondary N) is 1. The van der Waals surface area contributed by atoms with Crippen LogP contribution in [0.5, 0.6) is 0 Å². The molecule has 0 saturated heterocycles. The number of benzene rings is 1. The van der Waals surface area contributed by atoms with Gasteiger partial charge in [-0.25, -0.2) is 4.79 Å². The minimum absolute atomic E-state index is 0.107. The molecular formula is C11H14N2O3S. The van der Waals surface area contributed by atoms with E-state index in [4.69, 9.17) is 10.5 Å². The minimum atomic E-state index is -0.817. The van der Waals surface area contributed by atoms with Gasteiger partial charge in [-0.15, -0.1) is 0 Å². The fourth-order valence-corrected chi connectivity index (χ4v) is 1.20. The van der Waals surface area contributed by atoms with Crippen LogP contribution in [-0.4, -0.2) is 23.8 Å². The molecule has 1 aromatic rings. The van der Waals surface area contributed by atoms with E-state index in [-0.39, 0.29) is 12.4 Å². The second-order valence-electron chi connectivity index (χ2n) is 3.34. The molecular weight excluding hydrogens is 240 g/mol. The lowest BCUT2D eigenvalue weighted by molar-refractivity contribution is -0.121. The number of ether oxygens (including phenoxy) is 1. The molecule has 6 heteroatoms. The highest BCUT2D eigenvalue weighted by molar-refractivity contribution is 7.80. The standard InChI is InChI=1S/C11H14N2O3S/c12-9(7-17)10(14)13-11(15)16-6-8-4-2-1-3-5-8/h1-5,9,17H,6-7,12H2,(H,13,14,15)/t9-/m0/s1. The molecule has 0 aliphatic heterocycles. The molecule has 0 heterocycles. The molecule has 0 bridgehead atoms. The van der Waals surface area contributed by atoms with Crippen LogP contribution in [0, 0.1) is 0 Å². The van der Waals surface area contributed by atoms with Gasteiger partial charge in [0.2, 0.25) is 5.91 Å². The summed E-state index contributed by atoms with van der Waals surface area (Å²) in [5.74, 6) is -0.435. The average molecular weight is 254 g/mol. The molecule has 0 unspecified atom stereocenters. The van der Waals surface area contributed by atoms with Crippen molar-refractivity contribution in [1.82, 2.24) is 5.32 Å². The number of carbonyl (C=O) groups is 2. The van der Waals surface area contributed by atoms with Crippen LogP contribution < -0.4 is 11.1 Å². The van der Waals surface area contributed by atoms with E-state index in [1.165, 1.54) is 0 Å². The van der Waals surface area contributed by atoms with Crippen LogP contribution in [-0.2, 0) is 16.1 Å². The normalized spacial score (nSPS) is 11.6. The van der Waals surface area contributed by atoms with E-state index >= 15 is 0 Å². The lowest BCUT2D eigenvalue weighted by Crippen LogP contribution is -2.44. The van der Waals surface area contributed by atoms with Crippen molar-refractivity contribution < 1.29 is 14.3 Å². The molecule has 3 N–H and O–H groups in total. The Balaban J connectivity index is 2.33. The first-order valence-corrected chi connectivity index (χ1v) is 5.64. The largest absolute Gasteiger partial charge is 0.444 e. The Bertz CT molecular complexity index is 384. The Kier molecular flexibility index (Phi) is 5.51. The number of amides is 2. The van der Waals surface area contributed by atoms with Gasteiger partial charge in [0.05, 0.1) is 6.04 Å². The summed E-state index contributed by atoms with van der Waals surface area (Å²) in [5.41, 5.74) is 6.22. The number of hydrogen-bond acceptors (Lipinski definition) is 5. The summed E-state index contributed by atoms with van der Waals surface area (Å²) in [6.07, 6.45) is -0.809. The van der Waals surface area contributed by atoms with Gasteiger partial charge in [-0.2, -0.15) is 12.6 Å². The second kappa shape index (κ2) is 6.93. The third-order valence-electron chi connectivity index (χ3n) is 1.97. The van der Waals surface area contributed by atoms with E-state index in [9.17, 15) is 9.59 Å². The van der Waals surface area contributed by atoms with Gasteiger partial charge in [-0.05, 0) is 5.56 Å². The lowest BCUT2D eigenvalue weighted by atomic mass is 10.2. The van der Waals surface area contributed by atoms with Gasteiger partial charge in [-0.3, -0.25) is 10.1 Å². The lowest BCUT2D eigenvalue weighted by Gasteiger charge is -2.09. The third kappa shape index (κ3) is 4.88. The van der Waals surface area contributed by atoms with Crippen molar-refractivity contribution in [2.45, 2.75) is 12.6 Å². The van der Waals surface area contributed by atoms with E-state index in [2.05, 4.69) is 12.6 Å². The highest BCUT2D eigenvalue weighted by Gasteiger charge is 2.15. The van der Waals surface area contributed by atoms with E-state index < -0.39 is 18.0 Å². The first kappa shape index (κ1) is 13.5. The molecule has 17 heavy (non-hydrogen) atoms. The third-order valence-corrected chi connectivity index (χ3v) is 2.36. The molecule has 0 aliphatic rings. The van der Waals surface area contributed by atoms with Crippen LogP contribution in [0.25, 0.3) is 0 Å². The van der Waals surface area contributed by atoms with Crippen LogP contribution in [0.15, 0.2) is 30.3 Å². The number of imide groups is 1. The van der Waals surface area contributed by atoms with Gasteiger partial charge in [0.15, 0.2) is 0 Å². The van der Waals surface area contributed by atoms with Gasteiger partial charge < -0.3 is 10.5 Å². The van der Waals surface area contributed by atoms with Crippen LogP contribution in [0.3, 0.4) is 0 Å².